The number of hydrogen-bond donors (Lipinski definition) is 4. The van der Waals surface area contributed by atoms with E-state index in [0.29, 0.717) is 92.4 Å². The fourth-order valence-electron chi connectivity index (χ4n) is 8.51. The molecule has 2 aliphatic heterocycles. The van der Waals surface area contributed by atoms with Crippen LogP contribution in [0.15, 0.2) is 108 Å². The van der Waals surface area contributed by atoms with Crippen molar-refractivity contribution in [1.82, 2.24) is 45.4 Å². The van der Waals surface area contributed by atoms with Gasteiger partial charge in [-0.15, -0.1) is 0 Å². The molecule has 2 atom stereocenters. The Morgan fingerprint density at radius 2 is 1.01 bits per heavy atom. The normalized spacial score (nSPS) is 14.4. The summed E-state index contributed by atoms with van der Waals surface area (Å²) < 4.78 is 16.7. The zero-order chi connectivity index (χ0) is 51.4. The molecule has 4 aromatic heterocycles. The number of amides is 4. The number of methoxy groups -OCH3 is 2. The van der Waals surface area contributed by atoms with Crippen molar-refractivity contribution in [2.45, 2.75) is 37.8 Å². The minimum absolute atomic E-state index is 0.0351. The third kappa shape index (κ3) is 12.3. The largest absolute Gasteiger partial charge is 0.496 e. The summed E-state index contributed by atoms with van der Waals surface area (Å²) in [6.07, 6.45) is 2.71. The number of carboxylic acids is 2. The molecule has 0 radical (unpaired) electrons. The molecule has 0 aliphatic carbocycles. The molecule has 73 heavy (non-hydrogen) atoms. The molecule has 6 heterocycles. The fraction of sp³-hybridized carbons (Fsp3) is 0.314. The molecule has 22 heteroatoms. The molecule has 4 N–H and O–H groups in total. The number of pyridine rings is 2. The number of ether oxygens (including phenoxy) is 2. The number of rotatable bonds is 16. The maximum Gasteiger partial charge on any atom is 0.303 e. The van der Waals surface area contributed by atoms with E-state index in [1.807, 2.05) is 58.3 Å². The number of hydrogen-bond acceptors (Lipinski definition) is 16. The minimum atomic E-state index is -1.05. The molecule has 0 spiro atoms. The maximum absolute atomic E-state index is 13.4. The van der Waals surface area contributed by atoms with Gasteiger partial charge in [-0.3, -0.25) is 28.8 Å². The van der Waals surface area contributed by atoms with Crippen LogP contribution in [0.25, 0.3) is 32.9 Å². The zero-order valence-corrected chi connectivity index (χ0v) is 40.0. The van der Waals surface area contributed by atoms with E-state index in [1.165, 1.54) is 26.4 Å². The monoisotopic (exact) mass is 995 g/mol. The first-order valence-electron chi connectivity index (χ1n) is 23.5. The number of aromatic nitrogens is 5. The van der Waals surface area contributed by atoms with Crippen LogP contribution in [-0.4, -0.2) is 159 Å². The van der Waals surface area contributed by atoms with Gasteiger partial charge in [0, 0.05) is 100 Å². The molecular formula is C51H53N11O11. The second kappa shape index (κ2) is 23.3. The van der Waals surface area contributed by atoms with Crippen molar-refractivity contribution in [2.75, 3.05) is 76.4 Å². The summed E-state index contributed by atoms with van der Waals surface area (Å²) in [5.41, 5.74) is 2.76. The molecule has 378 valence electrons. The summed E-state index contributed by atoms with van der Waals surface area (Å²) in [5, 5.41) is 25.3. The van der Waals surface area contributed by atoms with Crippen molar-refractivity contribution in [2.24, 2.45) is 0 Å². The van der Waals surface area contributed by atoms with Gasteiger partial charge in [-0.2, -0.15) is 4.98 Å². The van der Waals surface area contributed by atoms with Gasteiger partial charge >= 0.3 is 11.9 Å². The molecule has 0 saturated carbocycles. The van der Waals surface area contributed by atoms with Gasteiger partial charge in [0.15, 0.2) is 5.58 Å². The molecule has 0 bridgehead atoms. The predicted molar refractivity (Wildman–Crippen MR) is 266 cm³/mol. The first-order valence-corrected chi connectivity index (χ1v) is 23.5. The topological polar surface area (TPSA) is 276 Å². The Hall–Kier alpha value is -8.95. The summed E-state index contributed by atoms with van der Waals surface area (Å²) in [6.45, 7) is 3.58. The van der Waals surface area contributed by atoms with Gasteiger partial charge in [0.05, 0.1) is 25.3 Å². The molecule has 4 amide bonds. The standard InChI is InChI=1S/C27H27N5O6.C24H26N6O5/c1-37-23-16-21(28-18-7-3-2-6-17(18)23)25(35)29-20(10-11-24(33)34)26(36)31-12-14-32(15-13-31)27-30-19-8-4-5-9-22(19)38-27;1-35-20-15-19(27-17-6-3-2-5-16(17)20)22(33)28-18(7-8-21(31)32)23(34)29-11-13-30(14-12-29)24-25-9-4-10-26-24/h2-9,16,20H,10-15H2,1H3,(H,29,35)(H,33,34);2-6,9-10,15,18H,7-8,11-14H2,1H3,(H,28,33)(H,31,32). The van der Waals surface area contributed by atoms with Gasteiger partial charge in [-0.05, 0) is 55.3 Å². The van der Waals surface area contributed by atoms with Crippen molar-refractivity contribution < 1.29 is 52.9 Å². The molecule has 2 aliphatic rings. The van der Waals surface area contributed by atoms with Crippen LogP contribution in [0.4, 0.5) is 12.0 Å². The number of piperazine rings is 2. The molecule has 7 aromatic rings. The first kappa shape index (κ1) is 50.4. The van der Waals surface area contributed by atoms with Gasteiger partial charge in [0.25, 0.3) is 17.8 Å². The van der Waals surface area contributed by atoms with Gasteiger partial charge in [-0.25, -0.2) is 19.9 Å². The summed E-state index contributed by atoms with van der Waals surface area (Å²) >= 11 is 0. The number of para-hydroxylation sites is 4. The van der Waals surface area contributed by atoms with Crippen molar-refractivity contribution in [3.63, 3.8) is 0 Å². The third-order valence-corrected chi connectivity index (χ3v) is 12.3. The van der Waals surface area contributed by atoms with E-state index < -0.39 is 35.8 Å². The van der Waals surface area contributed by atoms with Crippen LogP contribution in [0.2, 0.25) is 0 Å². The van der Waals surface area contributed by atoms with Crippen LogP contribution in [0.5, 0.6) is 11.5 Å². The van der Waals surface area contributed by atoms with Crippen LogP contribution in [0.1, 0.15) is 46.7 Å². The number of nitrogens with zero attached hydrogens (tertiary/aromatic N) is 9. The number of oxazole rings is 1. The Morgan fingerprint density at radius 3 is 1.47 bits per heavy atom. The van der Waals surface area contributed by atoms with E-state index in [0.717, 1.165) is 16.3 Å². The number of carbonyl (C=O) groups is 6. The van der Waals surface area contributed by atoms with Crippen LogP contribution in [-0.2, 0) is 19.2 Å². The fourth-order valence-corrected chi connectivity index (χ4v) is 8.51. The predicted octanol–water partition coefficient (Wildman–Crippen LogP) is 4.04. The third-order valence-electron chi connectivity index (χ3n) is 12.3. The second-order valence-electron chi connectivity index (χ2n) is 17.0. The number of aliphatic carboxylic acids is 2. The Balaban J connectivity index is 0.000000196. The lowest BCUT2D eigenvalue weighted by Gasteiger charge is -2.36. The number of fused-ring (bicyclic) bond motifs is 3. The molecule has 22 nitrogen and oxygen atoms in total. The van der Waals surface area contributed by atoms with Gasteiger partial charge < -0.3 is 54.3 Å². The lowest BCUT2D eigenvalue weighted by atomic mass is 10.1. The number of carbonyl (C=O) groups excluding carboxylic acids is 4. The van der Waals surface area contributed by atoms with Crippen LogP contribution in [0.3, 0.4) is 0 Å². The molecule has 9 rings (SSSR count). The highest BCUT2D eigenvalue weighted by atomic mass is 16.5. The van der Waals surface area contributed by atoms with Crippen molar-refractivity contribution in [3.8, 4) is 11.5 Å². The average molecular weight is 996 g/mol. The van der Waals surface area contributed by atoms with E-state index in [1.54, 1.807) is 52.5 Å². The minimum Gasteiger partial charge on any atom is -0.496 e. The SMILES string of the molecule is COc1cc(C(=O)NC(CCC(=O)O)C(=O)N2CCN(c3nc4ccccc4o3)CC2)nc2ccccc12.COc1cc(C(=O)NC(CCC(=O)O)C(=O)N2CCN(c3ncccn3)CC2)nc2ccccc12. The summed E-state index contributed by atoms with van der Waals surface area (Å²) in [4.78, 5) is 104. The Labute approximate surface area is 417 Å². The van der Waals surface area contributed by atoms with E-state index in [4.69, 9.17) is 19.0 Å². The molecule has 2 fully saturated rings. The van der Waals surface area contributed by atoms with Gasteiger partial charge in [-0.1, -0.05) is 36.4 Å². The number of carboxylic acid groups (broad SMARTS) is 2. The van der Waals surface area contributed by atoms with E-state index in [-0.39, 0.29) is 48.9 Å². The average Bonchev–Trinajstić information content (AvgIpc) is 3.87. The lowest BCUT2D eigenvalue weighted by Crippen LogP contribution is -2.55. The van der Waals surface area contributed by atoms with Gasteiger partial charge in [0.1, 0.15) is 40.5 Å². The smallest absolute Gasteiger partial charge is 0.303 e. The molecule has 2 unspecified atom stereocenters. The quantitative estimate of drug-likeness (QED) is 0.106. The Kier molecular flexibility index (Phi) is 16.1. The number of anilines is 2. The van der Waals surface area contributed by atoms with Crippen LogP contribution < -0.4 is 29.9 Å². The van der Waals surface area contributed by atoms with Gasteiger partial charge in [0.2, 0.25) is 17.8 Å². The first-order chi connectivity index (χ1) is 35.4. The number of nitrogens with one attached hydrogen (secondary N) is 2. The Bertz CT molecular complexity index is 3090. The van der Waals surface area contributed by atoms with Crippen molar-refractivity contribution in [1.29, 1.82) is 0 Å². The van der Waals surface area contributed by atoms with E-state index >= 15 is 0 Å². The van der Waals surface area contributed by atoms with Crippen molar-refractivity contribution >= 4 is 80.4 Å². The van der Waals surface area contributed by atoms with Crippen LogP contribution in [0, 0.1) is 0 Å². The summed E-state index contributed by atoms with van der Waals surface area (Å²) in [7, 11) is 3.01. The zero-order valence-electron chi connectivity index (χ0n) is 40.0. The van der Waals surface area contributed by atoms with E-state index in [9.17, 15) is 33.9 Å². The molecule has 3 aromatic carbocycles. The second-order valence-corrected chi connectivity index (χ2v) is 17.0. The molecule has 2 saturated heterocycles. The summed E-state index contributed by atoms with van der Waals surface area (Å²) in [5.74, 6) is -2.39. The van der Waals surface area contributed by atoms with Crippen molar-refractivity contribution in [3.05, 3.63) is 115 Å². The summed E-state index contributed by atoms with van der Waals surface area (Å²) in [6, 6.07) is 25.2. The highest BCUT2D eigenvalue weighted by Crippen LogP contribution is 2.27. The Morgan fingerprint density at radius 1 is 0.575 bits per heavy atom. The van der Waals surface area contributed by atoms with Crippen LogP contribution >= 0.6 is 0 Å². The van der Waals surface area contributed by atoms with E-state index in [2.05, 4.69) is 35.6 Å². The highest BCUT2D eigenvalue weighted by Gasteiger charge is 2.33. The highest BCUT2D eigenvalue weighted by molar-refractivity contribution is 6.00. The lowest BCUT2D eigenvalue weighted by molar-refractivity contribution is -0.139. The molecular weight excluding hydrogens is 943 g/mol. The number of benzene rings is 3. The maximum atomic E-state index is 13.4.